The Morgan fingerprint density at radius 2 is 1.90 bits per heavy atom. The van der Waals surface area contributed by atoms with E-state index in [4.69, 9.17) is 4.98 Å². The number of pyridine rings is 1. The van der Waals surface area contributed by atoms with Gasteiger partial charge in [0.2, 0.25) is 0 Å². The zero-order valence-corrected chi connectivity index (χ0v) is 25.6. The Kier molecular flexibility index (Phi) is 12.3. The maximum atomic E-state index is 13.8. The van der Waals surface area contributed by atoms with Gasteiger partial charge in [0, 0.05) is 43.4 Å². The molecule has 0 spiro atoms. The van der Waals surface area contributed by atoms with Gasteiger partial charge in [-0.05, 0) is 61.8 Å². The second-order valence-electron chi connectivity index (χ2n) is 9.75. The van der Waals surface area contributed by atoms with Crippen LogP contribution in [0.4, 0.5) is 16.0 Å². The largest absolute Gasteiger partial charge is 1.00 e. The third-order valence-electron chi connectivity index (χ3n) is 6.59. The fourth-order valence-corrected chi connectivity index (χ4v) is 4.67. The fraction of sp³-hybridized carbons (Fsp3) is 0.414. The first-order chi connectivity index (χ1) is 18.1. The van der Waals surface area contributed by atoms with Crippen molar-refractivity contribution in [3.8, 4) is 11.1 Å². The maximum Gasteiger partial charge on any atom is 1.00 e. The van der Waals surface area contributed by atoms with Gasteiger partial charge in [0.1, 0.15) is 17.5 Å². The molecule has 0 unspecified atom stereocenters. The number of carbonyl (C=O) groups is 1. The van der Waals surface area contributed by atoms with Crippen molar-refractivity contribution in [1.82, 2.24) is 14.8 Å². The summed E-state index contributed by atoms with van der Waals surface area (Å²) in [5.41, 5.74) is 4.09. The average Bonchev–Trinajstić information content (AvgIpc) is 3.36. The van der Waals surface area contributed by atoms with Gasteiger partial charge in [-0.3, -0.25) is 0 Å². The molecule has 0 aliphatic carbocycles. The number of aryl methyl sites for hydroxylation is 1. The van der Waals surface area contributed by atoms with Crippen molar-refractivity contribution in [2.75, 3.05) is 18.6 Å². The Morgan fingerprint density at radius 3 is 2.46 bits per heavy atom. The van der Waals surface area contributed by atoms with Gasteiger partial charge >= 0.3 is 29.6 Å². The number of hydrogen-bond donors (Lipinski definition) is 2. The number of carboxylic acids is 1. The van der Waals surface area contributed by atoms with E-state index in [1.807, 2.05) is 50.4 Å². The number of halogens is 1. The maximum absolute atomic E-state index is 13.8. The van der Waals surface area contributed by atoms with Gasteiger partial charge in [-0.1, -0.05) is 38.1 Å². The van der Waals surface area contributed by atoms with E-state index in [1.165, 1.54) is 12.1 Å². The molecule has 2 heterocycles. The SMILES string of the molecule is CCn1nccc1N(C)c1nc(C(C)C)c(/C=C/[C@@H](O)C[C@@H](CO)CC(=O)[O-])c(-c2ccc(F)cc2)c1C.[Na+]. The summed E-state index contributed by atoms with van der Waals surface area (Å²) in [5, 5.41) is 35.5. The molecule has 0 aliphatic rings. The number of nitrogens with zero attached hydrogens (tertiary/aromatic N) is 4. The van der Waals surface area contributed by atoms with Gasteiger partial charge in [0.25, 0.3) is 0 Å². The standard InChI is InChI=1S/C29H37FN4O4.Na/c1-6-34-25(13-14-31-34)33(5)29-19(4)27(21-7-9-22(30)10-8-21)24(28(32-29)18(2)3)12-11-23(36)15-20(17-35)16-26(37)38;/h7-14,18,20,23,35-36H,6,15-17H2,1-5H3,(H,37,38);/q;+1/p-1/b12-11+;/t20-,23-;/m1./s1. The molecule has 0 saturated carbocycles. The Balaban J connectivity index is 0.00000533. The zero-order chi connectivity index (χ0) is 28.0. The number of benzene rings is 1. The molecule has 3 rings (SSSR count). The van der Waals surface area contributed by atoms with Crippen LogP contribution in [0.2, 0.25) is 0 Å². The van der Waals surface area contributed by atoms with E-state index >= 15 is 0 Å². The van der Waals surface area contributed by atoms with Gasteiger partial charge in [0.05, 0.1) is 18.0 Å². The van der Waals surface area contributed by atoms with Gasteiger partial charge in [-0.25, -0.2) is 14.1 Å². The minimum Gasteiger partial charge on any atom is -0.550 e. The van der Waals surface area contributed by atoms with Gasteiger partial charge in [-0.2, -0.15) is 5.10 Å². The molecule has 1 aromatic carbocycles. The number of aliphatic hydroxyl groups excluding tert-OH is 2. The minimum absolute atomic E-state index is 0. The summed E-state index contributed by atoms with van der Waals surface area (Å²) in [7, 11) is 1.93. The van der Waals surface area contributed by atoms with Crippen molar-refractivity contribution in [2.24, 2.45) is 5.92 Å². The van der Waals surface area contributed by atoms with Crippen LogP contribution < -0.4 is 39.6 Å². The van der Waals surface area contributed by atoms with Crippen molar-refractivity contribution < 1.29 is 54.1 Å². The van der Waals surface area contributed by atoms with Crippen molar-refractivity contribution >= 4 is 23.7 Å². The monoisotopic (exact) mass is 546 g/mol. The minimum atomic E-state index is -1.27. The molecule has 3 aromatic rings. The van der Waals surface area contributed by atoms with Crippen LogP contribution >= 0.6 is 0 Å². The average molecular weight is 547 g/mol. The molecule has 204 valence electrons. The van der Waals surface area contributed by atoms with Crippen LogP contribution in [0.1, 0.15) is 56.4 Å². The van der Waals surface area contributed by atoms with Crippen LogP contribution in [-0.2, 0) is 11.3 Å². The number of anilines is 2. The summed E-state index contributed by atoms with van der Waals surface area (Å²) < 4.78 is 15.7. The van der Waals surface area contributed by atoms with E-state index in [0.717, 1.165) is 39.6 Å². The molecule has 2 aromatic heterocycles. The molecule has 0 amide bonds. The molecule has 10 heteroatoms. The molecular weight excluding hydrogens is 510 g/mol. The number of aliphatic hydroxyl groups is 2. The third kappa shape index (κ3) is 7.99. The number of hydrogen-bond acceptors (Lipinski definition) is 7. The van der Waals surface area contributed by atoms with E-state index in [2.05, 4.69) is 5.10 Å². The Hall–Kier alpha value is -2.56. The second-order valence-corrected chi connectivity index (χ2v) is 9.75. The van der Waals surface area contributed by atoms with E-state index in [9.17, 15) is 24.5 Å². The summed E-state index contributed by atoms with van der Waals surface area (Å²) in [6.45, 7) is 8.36. The third-order valence-corrected chi connectivity index (χ3v) is 6.59. The van der Waals surface area contributed by atoms with Gasteiger partial charge < -0.3 is 25.0 Å². The number of carboxylic acid groups (broad SMARTS) is 1. The summed E-state index contributed by atoms with van der Waals surface area (Å²) in [4.78, 5) is 18.0. The van der Waals surface area contributed by atoms with Crippen molar-refractivity contribution in [1.29, 1.82) is 0 Å². The molecular formula is C29H36FN4NaO4. The molecule has 0 radical (unpaired) electrons. The van der Waals surface area contributed by atoms with Gasteiger partial charge in [0.15, 0.2) is 0 Å². The normalized spacial score (nSPS) is 12.9. The van der Waals surface area contributed by atoms with Crippen molar-refractivity contribution in [3.05, 3.63) is 65.2 Å². The van der Waals surface area contributed by atoms with Crippen LogP contribution in [0, 0.1) is 18.7 Å². The first-order valence-corrected chi connectivity index (χ1v) is 12.8. The number of aromatic nitrogens is 3. The topological polar surface area (TPSA) is 115 Å². The Labute approximate surface area is 251 Å². The summed E-state index contributed by atoms with van der Waals surface area (Å²) in [6, 6.07) is 8.18. The molecule has 8 nitrogen and oxygen atoms in total. The molecule has 39 heavy (non-hydrogen) atoms. The summed E-state index contributed by atoms with van der Waals surface area (Å²) in [6.07, 6.45) is 3.85. The van der Waals surface area contributed by atoms with Crippen molar-refractivity contribution in [2.45, 2.75) is 59.1 Å². The first-order valence-electron chi connectivity index (χ1n) is 12.8. The van der Waals surface area contributed by atoms with Crippen LogP contribution in [0.5, 0.6) is 0 Å². The number of aliphatic carboxylic acids is 1. The van der Waals surface area contributed by atoms with Gasteiger partial charge in [-0.15, -0.1) is 0 Å². The predicted molar refractivity (Wildman–Crippen MR) is 144 cm³/mol. The number of carbonyl (C=O) groups excluding carboxylic acids is 1. The van der Waals surface area contributed by atoms with E-state index in [-0.39, 0.29) is 60.7 Å². The predicted octanol–water partition coefficient (Wildman–Crippen LogP) is 0.821. The molecule has 2 N–H and O–H groups in total. The molecule has 0 saturated heterocycles. The molecule has 0 aliphatic heterocycles. The summed E-state index contributed by atoms with van der Waals surface area (Å²) >= 11 is 0. The number of rotatable bonds is 12. The fourth-order valence-electron chi connectivity index (χ4n) is 4.67. The molecule has 0 fully saturated rings. The van der Waals surface area contributed by atoms with E-state index in [0.29, 0.717) is 6.54 Å². The second kappa shape index (κ2) is 14.7. The van der Waals surface area contributed by atoms with E-state index < -0.39 is 18.0 Å². The van der Waals surface area contributed by atoms with E-state index in [1.54, 1.807) is 30.5 Å². The van der Waals surface area contributed by atoms with Crippen molar-refractivity contribution in [3.63, 3.8) is 0 Å². The summed E-state index contributed by atoms with van der Waals surface area (Å²) in [5.74, 6) is -0.618. The smallest absolute Gasteiger partial charge is 0.550 e. The molecule has 2 atom stereocenters. The molecule has 0 bridgehead atoms. The van der Waals surface area contributed by atoms with Crippen LogP contribution in [0.3, 0.4) is 0 Å². The quantitative estimate of drug-likeness (QED) is 0.324. The zero-order valence-electron chi connectivity index (χ0n) is 23.6. The first kappa shape index (κ1) is 32.7. The van der Waals surface area contributed by atoms with Crippen LogP contribution in [0.15, 0.2) is 42.6 Å². The Morgan fingerprint density at radius 1 is 1.23 bits per heavy atom. The van der Waals surface area contributed by atoms with Crippen LogP contribution in [-0.4, -0.2) is 50.7 Å². The Bertz CT molecular complexity index is 1280. The van der Waals surface area contributed by atoms with Crippen LogP contribution in [0.25, 0.3) is 17.2 Å².